The highest BCUT2D eigenvalue weighted by atomic mass is 14.3. The Labute approximate surface area is 161 Å². The van der Waals surface area contributed by atoms with Crippen molar-refractivity contribution in [2.24, 2.45) is 5.92 Å². The average Bonchev–Trinajstić information content (AvgIpc) is 2.67. The summed E-state index contributed by atoms with van der Waals surface area (Å²) in [5.74, 6) is 2.89. The molecule has 0 radical (unpaired) electrons. The van der Waals surface area contributed by atoms with Crippen LogP contribution in [0.15, 0.2) is 42.5 Å². The molecule has 1 aliphatic carbocycles. The summed E-state index contributed by atoms with van der Waals surface area (Å²) in [6.45, 7) is 11.6. The van der Waals surface area contributed by atoms with E-state index >= 15 is 0 Å². The molecule has 140 valence electrons. The third-order valence-corrected chi connectivity index (χ3v) is 6.59. The highest BCUT2D eigenvalue weighted by Gasteiger charge is 2.21. The van der Waals surface area contributed by atoms with Crippen molar-refractivity contribution in [1.29, 1.82) is 0 Å². The zero-order valence-electron chi connectivity index (χ0n) is 17.4. The Balaban J connectivity index is 1.94. The molecule has 0 saturated heterocycles. The molecule has 0 heteroatoms. The minimum absolute atomic E-state index is 0.592. The average molecular weight is 349 g/mol. The van der Waals surface area contributed by atoms with Gasteiger partial charge in [-0.05, 0) is 70.8 Å². The molecule has 0 spiro atoms. The minimum Gasteiger partial charge on any atom is -0.0648 e. The van der Waals surface area contributed by atoms with Gasteiger partial charge in [-0.15, -0.1) is 0 Å². The van der Waals surface area contributed by atoms with E-state index in [9.17, 15) is 0 Å². The second-order valence-corrected chi connectivity index (χ2v) is 8.89. The van der Waals surface area contributed by atoms with Gasteiger partial charge < -0.3 is 0 Å². The first kappa shape index (κ1) is 19.2. The van der Waals surface area contributed by atoms with Crippen LogP contribution in [0.2, 0.25) is 0 Å². The van der Waals surface area contributed by atoms with E-state index in [1.807, 2.05) is 0 Å². The van der Waals surface area contributed by atoms with Crippen molar-refractivity contribution in [3.05, 3.63) is 59.2 Å². The van der Waals surface area contributed by atoms with Gasteiger partial charge in [0.15, 0.2) is 0 Å². The van der Waals surface area contributed by atoms with E-state index in [-0.39, 0.29) is 0 Å². The number of hydrogen-bond acceptors (Lipinski definition) is 0. The summed E-state index contributed by atoms with van der Waals surface area (Å²) < 4.78 is 0. The number of rotatable bonds is 5. The molecule has 1 atom stereocenters. The first-order chi connectivity index (χ1) is 12.5. The fourth-order valence-corrected chi connectivity index (χ4v) is 4.37. The quantitative estimate of drug-likeness (QED) is 0.510. The Morgan fingerprint density at radius 1 is 0.885 bits per heavy atom. The second-order valence-electron chi connectivity index (χ2n) is 8.89. The lowest BCUT2D eigenvalue weighted by Crippen LogP contribution is -2.11. The lowest BCUT2D eigenvalue weighted by atomic mass is 9.77. The van der Waals surface area contributed by atoms with Crippen molar-refractivity contribution in [3.63, 3.8) is 0 Å². The van der Waals surface area contributed by atoms with E-state index in [1.165, 1.54) is 48.8 Å². The highest BCUT2D eigenvalue weighted by molar-refractivity contribution is 5.69. The summed E-state index contributed by atoms with van der Waals surface area (Å²) >= 11 is 0. The third kappa shape index (κ3) is 4.22. The molecule has 2 aromatic rings. The van der Waals surface area contributed by atoms with Gasteiger partial charge in [0.25, 0.3) is 0 Å². The third-order valence-electron chi connectivity index (χ3n) is 6.59. The molecule has 2 aromatic carbocycles. The van der Waals surface area contributed by atoms with E-state index in [1.54, 1.807) is 11.1 Å². The predicted molar refractivity (Wildman–Crippen MR) is 115 cm³/mol. The van der Waals surface area contributed by atoms with Gasteiger partial charge in [-0.3, -0.25) is 0 Å². The van der Waals surface area contributed by atoms with Crippen LogP contribution in [0.4, 0.5) is 0 Å². The lowest BCUT2D eigenvalue weighted by molar-refractivity contribution is 0.348. The van der Waals surface area contributed by atoms with Gasteiger partial charge in [-0.1, -0.05) is 89.9 Å². The minimum atomic E-state index is 0.592. The molecule has 1 fully saturated rings. The van der Waals surface area contributed by atoms with Crippen LogP contribution >= 0.6 is 0 Å². The van der Waals surface area contributed by atoms with Gasteiger partial charge in [-0.2, -0.15) is 0 Å². The van der Waals surface area contributed by atoms with E-state index in [0.717, 1.165) is 11.8 Å². The smallest absolute Gasteiger partial charge is 0.0149 e. The van der Waals surface area contributed by atoms with Crippen LogP contribution in [0.3, 0.4) is 0 Å². The molecule has 0 heterocycles. The molecule has 0 amide bonds. The van der Waals surface area contributed by atoms with Crippen molar-refractivity contribution < 1.29 is 0 Å². The van der Waals surface area contributed by atoms with Crippen LogP contribution in [0.1, 0.15) is 101 Å². The summed E-state index contributed by atoms with van der Waals surface area (Å²) in [6.07, 6.45) is 6.71. The Morgan fingerprint density at radius 2 is 1.54 bits per heavy atom. The fourth-order valence-electron chi connectivity index (χ4n) is 4.37. The molecule has 0 bridgehead atoms. The normalized spacial score (nSPS) is 21.8. The summed E-state index contributed by atoms with van der Waals surface area (Å²) in [4.78, 5) is 0. The molecule has 26 heavy (non-hydrogen) atoms. The lowest BCUT2D eigenvalue weighted by Gasteiger charge is -2.28. The molecular weight excluding hydrogens is 312 g/mol. The second kappa shape index (κ2) is 8.42. The van der Waals surface area contributed by atoms with E-state index < -0.39 is 0 Å². The van der Waals surface area contributed by atoms with Gasteiger partial charge >= 0.3 is 0 Å². The van der Waals surface area contributed by atoms with Crippen LogP contribution < -0.4 is 0 Å². The van der Waals surface area contributed by atoms with Crippen molar-refractivity contribution in [3.8, 4) is 11.1 Å². The first-order valence-corrected chi connectivity index (χ1v) is 10.7. The number of benzene rings is 2. The molecule has 0 aromatic heterocycles. The molecule has 3 rings (SSSR count). The zero-order valence-corrected chi connectivity index (χ0v) is 17.4. The Morgan fingerprint density at radius 3 is 2.12 bits per heavy atom. The molecular formula is C26H36. The Hall–Kier alpha value is -1.56. The molecule has 1 aliphatic rings. The van der Waals surface area contributed by atoms with Crippen molar-refractivity contribution in [1.82, 2.24) is 0 Å². The topological polar surface area (TPSA) is 0 Å². The van der Waals surface area contributed by atoms with E-state index in [2.05, 4.69) is 77.1 Å². The maximum atomic E-state index is 2.54. The van der Waals surface area contributed by atoms with E-state index in [4.69, 9.17) is 0 Å². The monoisotopic (exact) mass is 348 g/mol. The molecule has 1 unspecified atom stereocenters. The highest BCUT2D eigenvalue weighted by Crippen LogP contribution is 2.39. The summed E-state index contributed by atoms with van der Waals surface area (Å²) in [7, 11) is 0. The van der Waals surface area contributed by atoms with Gasteiger partial charge in [0.1, 0.15) is 0 Å². The maximum absolute atomic E-state index is 2.54. The van der Waals surface area contributed by atoms with Gasteiger partial charge in [0.05, 0.1) is 0 Å². The van der Waals surface area contributed by atoms with Crippen molar-refractivity contribution in [2.45, 2.75) is 84.5 Å². The largest absolute Gasteiger partial charge is 0.0648 e. The molecule has 0 nitrogen and oxygen atoms in total. The fraction of sp³-hybridized carbons (Fsp3) is 0.538. The maximum Gasteiger partial charge on any atom is -0.0149 e. The number of hydrogen-bond donors (Lipinski definition) is 0. The van der Waals surface area contributed by atoms with Gasteiger partial charge in [0, 0.05) is 0 Å². The van der Waals surface area contributed by atoms with Gasteiger partial charge in [-0.25, -0.2) is 0 Å². The van der Waals surface area contributed by atoms with Crippen LogP contribution in [-0.4, -0.2) is 0 Å². The Kier molecular flexibility index (Phi) is 6.22. The Bertz CT molecular complexity index is 699. The van der Waals surface area contributed by atoms with E-state index in [0.29, 0.717) is 11.8 Å². The van der Waals surface area contributed by atoms with Crippen molar-refractivity contribution >= 4 is 0 Å². The summed E-state index contributed by atoms with van der Waals surface area (Å²) in [5.41, 5.74) is 7.35. The van der Waals surface area contributed by atoms with Gasteiger partial charge in [0.2, 0.25) is 0 Å². The van der Waals surface area contributed by atoms with Crippen LogP contribution in [0.5, 0.6) is 0 Å². The summed E-state index contributed by atoms with van der Waals surface area (Å²) in [5, 5.41) is 0. The van der Waals surface area contributed by atoms with Crippen LogP contribution in [0.25, 0.3) is 11.1 Å². The van der Waals surface area contributed by atoms with Crippen LogP contribution in [-0.2, 0) is 0 Å². The summed E-state index contributed by atoms with van der Waals surface area (Å²) in [6, 6.07) is 16.6. The van der Waals surface area contributed by atoms with Crippen molar-refractivity contribution in [2.75, 3.05) is 0 Å². The SMILES string of the molecule is CCC(C)c1cc(C2CCC(C)CC2)ccc1-c1ccc(C(C)C)cc1. The first-order valence-electron chi connectivity index (χ1n) is 10.7. The molecule has 1 saturated carbocycles. The zero-order chi connectivity index (χ0) is 18.7. The molecule has 0 N–H and O–H groups in total. The molecule has 0 aliphatic heterocycles. The predicted octanol–water partition coefficient (Wildman–Crippen LogP) is 8.28. The standard InChI is InChI=1S/C26H36/c1-6-20(5)26-17-24(22-9-7-19(4)8-10-22)15-16-25(26)23-13-11-21(12-14-23)18(2)3/h11-20,22H,6-10H2,1-5H3. The van der Waals surface area contributed by atoms with Crippen LogP contribution in [0, 0.1) is 5.92 Å².